The van der Waals surface area contributed by atoms with E-state index in [9.17, 15) is 9.90 Å². The minimum absolute atomic E-state index is 0.0311. The van der Waals surface area contributed by atoms with Crippen molar-refractivity contribution in [2.75, 3.05) is 25.1 Å². The summed E-state index contributed by atoms with van der Waals surface area (Å²) in [6.45, 7) is 4.53. The lowest BCUT2D eigenvalue weighted by Gasteiger charge is -2.22. The fraction of sp³-hybridized carbons (Fsp3) is 0.280. The largest absolute Gasteiger partial charge is 0.506 e. The third-order valence-electron chi connectivity index (χ3n) is 6.59. The predicted octanol–water partition coefficient (Wildman–Crippen LogP) is 4.14. The average Bonchev–Trinajstić information content (AvgIpc) is 3.06. The molecule has 1 atom stereocenters. The first-order valence-electron chi connectivity index (χ1n) is 11.2. The summed E-state index contributed by atoms with van der Waals surface area (Å²) in [6.07, 6.45) is 2.54. The predicted molar refractivity (Wildman–Crippen MR) is 138 cm³/mol. The third kappa shape index (κ3) is 3.86. The second-order valence-corrected chi connectivity index (χ2v) is 10.1. The SMILES string of the molecule is CN(C)C1CC(C)(C)c2ccc(Nc3ncc4c(N)n(-c5c(O)cccc5Cl)c(=O)nc4n3)cc21. The van der Waals surface area contributed by atoms with Gasteiger partial charge >= 0.3 is 5.69 Å². The van der Waals surface area contributed by atoms with Gasteiger partial charge in [-0.3, -0.25) is 0 Å². The van der Waals surface area contributed by atoms with Crippen LogP contribution in [0.15, 0.2) is 47.4 Å². The highest BCUT2D eigenvalue weighted by molar-refractivity contribution is 6.32. The Labute approximate surface area is 207 Å². The van der Waals surface area contributed by atoms with Gasteiger partial charge in [-0.1, -0.05) is 37.6 Å². The van der Waals surface area contributed by atoms with Crippen LogP contribution in [0, 0.1) is 0 Å². The second-order valence-electron chi connectivity index (χ2n) is 9.65. The summed E-state index contributed by atoms with van der Waals surface area (Å²) in [5.74, 6) is 0.131. The Morgan fingerprint density at radius 2 is 2.00 bits per heavy atom. The first kappa shape index (κ1) is 23.1. The van der Waals surface area contributed by atoms with Crippen molar-refractivity contribution < 1.29 is 5.11 Å². The van der Waals surface area contributed by atoms with Crippen LogP contribution >= 0.6 is 11.6 Å². The molecule has 2 aromatic heterocycles. The molecule has 0 saturated carbocycles. The van der Waals surface area contributed by atoms with Crippen LogP contribution in [0.5, 0.6) is 5.75 Å². The number of nitrogens with zero attached hydrogens (tertiary/aromatic N) is 5. The van der Waals surface area contributed by atoms with Gasteiger partial charge in [-0.05, 0) is 61.3 Å². The van der Waals surface area contributed by atoms with Crippen molar-refractivity contribution in [2.24, 2.45) is 0 Å². The van der Waals surface area contributed by atoms with E-state index >= 15 is 0 Å². The number of aromatic nitrogens is 4. The molecule has 1 unspecified atom stereocenters. The van der Waals surface area contributed by atoms with E-state index in [1.165, 1.54) is 23.4 Å². The first-order valence-corrected chi connectivity index (χ1v) is 11.6. The van der Waals surface area contributed by atoms with E-state index in [1.54, 1.807) is 12.1 Å². The molecule has 0 amide bonds. The van der Waals surface area contributed by atoms with E-state index in [0.29, 0.717) is 17.4 Å². The number of nitrogens with one attached hydrogen (secondary N) is 1. The molecule has 1 aliphatic carbocycles. The van der Waals surface area contributed by atoms with Crippen LogP contribution < -0.4 is 16.7 Å². The third-order valence-corrected chi connectivity index (χ3v) is 6.90. The van der Waals surface area contributed by atoms with Crippen LogP contribution in [0.2, 0.25) is 5.02 Å². The molecule has 0 radical (unpaired) electrons. The molecular formula is C25H26ClN7O2. The van der Waals surface area contributed by atoms with Gasteiger partial charge in [0, 0.05) is 17.9 Å². The van der Waals surface area contributed by atoms with Gasteiger partial charge in [0.2, 0.25) is 5.95 Å². The van der Waals surface area contributed by atoms with Crippen molar-refractivity contribution >= 4 is 40.1 Å². The van der Waals surface area contributed by atoms with E-state index in [0.717, 1.165) is 16.7 Å². The lowest BCUT2D eigenvalue weighted by molar-refractivity contribution is 0.269. The summed E-state index contributed by atoms with van der Waals surface area (Å²) in [5.41, 5.74) is 9.31. The molecule has 0 bridgehead atoms. The Morgan fingerprint density at radius 3 is 2.71 bits per heavy atom. The molecule has 2 aromatic carbocycles. The Kier molecular flexibility index (Phi) is 5.41. The molecule has 35 heavy (non-hydrogen) atoms. The molecule has 4 aromatic rings. The molecule has 9 nitrogen and oxygen atoms in total. The van der Waals surface area contributed by atoms with Crippen LogP contribution in [0.1, 0.15) is 37.4 Å². The molecule has 180 valence electrons. The number of fused-ring (bicyclic) bond motifs is 2. The number of rotatable bonds is 4. The Hall–Kier alpha value is -3.69. The zero-order chi connectivity index (χ0) is 25.1. The number of nitrogen functional groups attached to an aromatic ring is 1. The number of hydrogen-bond donors (Lipinski definition) is 3. The number of anilines is 3. The quantitative estimate of drug-likeness (QED) is 0.389. The van der Waals surface area contributed by atoms with Crippen molar-refractivity contribution in [3.8, 4) is 11.4 Å². The number of benzene rings is 2. The zero-order valence-corrected chi connectivity index (χ0v) is 20.6. The summed E-state index contributed by atoms with van der Waals surface area (Å²) in [6, 6.07) is 11.1. The van der Waals surface area contributed by atoms with E-state index in [2.05, 4.69) is 65.2 Å². The Morgan fingerprint density at radius 1 is 1.23 bits per heavy atom. The molecule has 0 spiro atoms. The van der Waals surface area contributed by atoms with Gasteiger partial charge in [-0.2, -0.15) is 9.97 Å². The maximum Gasteiger partial charge on any atom is 0.356 e. The number of nitrogens with two attached hydrogens (primary N) is 1. The highest BCUT2D eigenvalue weighted by Gasteiger charge is 2.37. The fourth-order valence-corrected chi connectivity index (χ4v) is 5.08. The van der Waals surface area contributed by atoms with Gasteiger partial charge in [0.25, 0.3) is 0 Å². The van der Waals surface area contributed by atoms with Crippen molar-refractivity contribution in [1.82, 2.24) is 24.4 Å². The normalized spacial score (nSPS) is 16.6. The summed E-state index contributed by atoms with van der Waals surface area (Å²) < 4.78 is 1.06. The van der Waals surface area contributed by atoms with Crippen LogP contribution in [-0.2, 0) is 5.41 Å². The molecule has 0 saturated heterocycles. The topological polar surface area (TPSA) is 122 Å². The van der Waals surface area contributed by atoms with Gasteiger partial charge in [0.05, 0.1) is 10.4 Å². The molecule has 4 N–H and O–H groups in total. The maximum absolute atomic E-state index is 12.8. The van der Waals surface area contributed by atoms with Gasteiger partial charge in [-0.15, -0.1) is 0 Å². The van der Waals surface area contributed by atoms with Crippen LogP contribution in [0.4, 0.5) is 17.5 Å². The highest BCUT2D eigenvalue weighted by Crippen LogP contribution is 2.47. The number of aromatic hydroxyl groups is 1. The lowest BCUT2D eigenvalue weighted by atomic mass is 9.86. The minimum atomic E-state index is -0.711. The molecule has 2 heterocycles. The number of hydrogen-bond acceptors (Lipinski definition) is 8. The Bertz CT molecular complexity index is 1510. The highest BCUT2D eigenvalue weighted by atomic mass is 35.5. The Balaban J connectivity index is 1.53. The summed E-state index contributed by atoms with van der Waals surface area (Å²) in [4.78, 5) is 27.9. The lowest BCUT2D eigenvalue weighted by Crippen LogP contribution is -2.25. The van der Waals surface area contributed by atoms with E-state index < -0.39 is 5.69 Å². The molecule has 5 rings (SSSR count). The maximum atomic E-state index is 12.8. The number of phenols is 1. The van der Waals surface area contributed by atoms with Gasteiger partial charge in [0.15, 0.2) is 5.65 Å². The van der Waals surface area contributed by atoms with Gasteiger partial charge in [0.1, 0.15) is 17.3 Å². The van der Waals surface area contributed by atoms with Crippen LogP contribution in [0.25, 0.3) is 16.7 Å². The molecule has 10 heteroatoms. The van der Waals surface area contributed by atoms with Crippen molar-refractivity contribution in [2.45, 2.75) is 31.7 Å². The monoisotopic (exact) mass is 491 g/mol. The fourth-order valence-electron chi connectivity index (χ4n) is 4.83. The molecule has 0 aliphatic heterocycles. The molecular weight excluding hydrogens is 466 g/mol. The van der Waals surface area contributed by atoms with Crippen LogP contribution in [-0.4, -0.2) is 43.6 Å². The van der Waals surface area contributed by atoms with E-state index in [4.69, 9.17) is 17.3 Å². The molecule has 0 fully saturated rings. The first-order chi connectivity index (χ1) is 16.6. The van der Waals surface area contributed by atoms with Crippen molar-refractivity contribution in [3.63, 3.8) is 0 Å². The van der Waals surface area contributed by atoms with Gasteiger partial charge in [-0.25, -0.2) is 14.3 Å². The minimum Gasteiger partial charge on any atom is -0.506 e. The van der Waals surface area contributed by atoms with Crippen molar-refractivity contribution in [3.05, 3.63) is 69.2 Å². The average molecular weight is 492 g/mol. The summed E-state index contributed by atoms with van der Waals surface area (Å²) in [7, 11) is 4.18. The summed E-state index contributed by atoms with van der Waals surface area (Å²) in [5, 5.41) is 14.0. The number of phenolic OH excluding ortho intramolecular Hbond substituents is 1. The number of para-hydroxylation sites is 1. The second kappa shape index (κ2) is 8.21. The number of halogens is 1. The zero-order valence-electron chi connectivity index (χ0n) is 19.9. The van der Waals surface area contributed by atoms with Crippen molar-refractivity contribution in [1.29, 1.82) is 0 Å². The van der Waals surface area contributed by atoms with Crippen LogP contribution in [0.3, 0.4) is 0 Å². The van der Waals surface area contributed by atoms with E-state index in [-0.39, 0.29) is 33.3 Å². The smallest absolute Gasteiger partial charge is 0.356 e. The summed E-state index contributed by atoms with van der Waals surface area (Å²) >= 11 is 6.21. The molecule has 1 aliphatic rings. The standard InChI is InChI=1S/C25H26ClN7O2/c1-25(2)11-18(32(3)4)14-10-13(8-9-16(14)25)29-23-28-12-15-21(27)33(24(35)31-22(15)30-23)20-17(26)6-5-7-19(20)34/h5-10,12,18,34H,11,27H2,1-4H3,(H,29,30,31,35). The van der Waals surface area contributed by atoms with E-state index in [1.807, 2.05) is 6.07 Å². The van der Waals surface area contributed by atoms with Gasteiger partial charge < -0.3 is 21.1 Å².